The van der Waals surface area contributed by atoms with Crippen molar-refractivity contribution in [3.05, 3.63) is 378 Å². The van der Waals surface area contributed by atoms with Gasteiger partial charge in [-0.15, -0.1) is 143 Å². The van der Waals surface area contributed by atoms with E-state index in [0.29, 0.717) is 0 Å². The molecule has 0 aliphatic carbocycles. The molecule has 672 valence electrons. The van der Waals surface area contributed by atoms with E-state index < -0.39 is 0 Å². The fourth-order valence-electron chi connectivity index (χ4n) is 19.0. The van der Waals surface area contributed by atoms with Gasteiger partial charge in [-0.25, -0.2) is 24.9 Å². The molecule has 0 unspecified atom stereocenters. The topological polar surface area (TPSA) is 196 Å². The molecule has 0 bridgehead atoms. The first-order chi connectivity index (χ1) is 66.2. The number of para-hydroxylation sites is 7. The van der Waals surface area contributed by atoms with Gasteiger partial charge in [0.15, 0.2) is 5.82 Å². The maximum absolute atomic E-state index is 5.12. The van der Waals surface area contributed by atoms with Crippen LogP contribution < -0.4 is 0 Å². The summed E-state index contributed by atoms with van der Waals surface area (Å²) in [4.78, 5) is 52.6. The molecule has 26 rings (SSSR count). The Bertz CT molecular complexity index is 9160. The first-order valence-electron chi connectivity index (χ1n) is 44.3. The maximum Gasteiger partial charge on any atom is 2.00 e. The van der Waals surface area contributed by atoms with E-state index in [4.69, 9.17) is 29.9 Å². The second kappa shape index (κ2) is 36.3. The molecule has 0 saturated carbocycles. The Hall–Kier alpha value is -16.0. The van der Waals surface area contributed by atoms with Crippen LogP contribution in [0.25, 0.3) is 241 Å². The van der Waals surface area contributed by atoms with Gasteiger partial charge >= 0.3 is 63.2 Å². The van der Waals surface area contributed by atoms with Crippen LogP contribution in [0.5, 0.6) is 0 Å². The van der Waals surface area contributed by atoms with E-state index in [1.165, 1.54) is 5.39 Å². The Balaban J connectivity index is 0.000000122. The molecule has 0 N–H and O–H groups in total. The normalized spacial score (nSPS) is 11.4. The summed E-state index contributed by atoms with van der Waals surface area (Å²) in [5, 5.41) is 6.60. The van der Waals surface area contributed by atoms with E-state index >= 15 is 0 Å². The van der Waals surface area contributed by atoms with Crippen molar-refractivity contribution in [1.82, 2.24) is 105 Å². The number of imidazole rings is 8. The zero-order valence-electron chi connectivity index (χ0n) is 75.6. The van der Waals surface area contributed by atoms with Gasteiger partial charge in [-0.1, -0.05) is 130 Å². The Kier molecular flexibility index (Phi) is 23.3. The average molecular weight is 2330 g/mol. The van der Waals surface area contributed by atoms with Crippen LogP contribution in [0.1, 0.15) is 0 Å². The number of aromatic nitrogens is 22. The molecule has 0 amide bonds. The summed E-state index contributed by atoms with van der Waals surface area (Å²) in [5.74, 6) is 6.89. The number of pyridine rings is 3. The molecule has 138 heavy (non-hydrogen) atoms. The zero-order chi connectivity index (χ0) is 90.8. The monoisotopic (exact) mass is 2330 g/mol. The van der Waals surface area contributed by atoms with Crippen molar-refractivity contribution >= 4 is 98.5 Å². The van der Waals surface area contributed by atoms with Gasteiger partial charge in [-0.2, -0.15) is 0 Å². The van der Waals surface area contributed by atoms with Gasteiger partial charge in [-0.3, -0.25) is 19.9 Å². The quantitative estimate of drug-likeness (QED) is 0.0939. The molecular weight excluding hydrogens is 2250 g/mol. The van der Waals surface area contributed by atoms with Crippen LogP contribution in [0, 0.1) is 36.4 Å². The molecule has 25 heteroatoms. The second-order valence-electron chi connectivity index (χ2n) is 33.7. The van der Waals surface area contributed by atoms with Crippen LogP contribution in [0.3, 0.4) is 0 Å². The van der Waals surface area contributed by atoms with Gasteiger partial charge < -0.3 is 60.2 Å². The van der Waals surface area contributed by atoms with Crippen molar-refractivity contribution < 1.29 is 63.2 Å². The minimum Gasteiger partial charge on any atom is -0.367 e. The smallest absolute Gasteiger partial charge is 0.367 e. The predicted octanol–water partition coefficient (Wildman–Crippen LogP) is 23.0. The molecule has 14 aromatic heterocycles. The first-order valence-corrected chi connectivity index (χ1v) is 44.3. The Morgan fingerprint density at radius 2 is 0.623 bits per heavy atom. The van der Waals surface area contributed by atoms with E-state index in [1.54, 1.807) is 6.20 Å². The minimum absolute atomic E-state index is 0. The van der Waals surface area contributed by atoms with Crippen molar-refractivity contribution in [2.75, 3.05) is 0 Å². The van der Waals surface area contributed by atoms with Crippen molar-refractivity contribution in [3.63, 3.8) is 0 Å². The van der Waals surface area contributed by atoms with E-state index in [1.807, 2.05) is 242 Å². The van der Waals surface area contributed by atoms with Gasteiger partial charge in [0, 0.05) is 158 Å². The fourth-order valence-corrected chi connectivity index (χ4v) is 19.0. The fraction of sp³-hybridized carbons (Fsp3) is 0.0708. The number of fused-ring (bicyclic) bond motifs is 12. The number of rotatable bonds is 14. The molecular formula is C113H80N22Pt3. The summed E-state index contributed by atoms with van der Waals surface area (Å²) in [5.41, 5.74) is 27.6. The summed E-state index contributed by atoms with van der Waals surface area (Å²) in [7, 11) is 16.2. The van der Waals surface area contributed by atoms with E-state index in [-0.39, 0.29) is 63.2 Å². The SMILES string of the molecule is Cn1ccnc1-c1ccc2c(c1)c1cc(-c3nccn3C)c(-c3nc4ccccc4n3C)[c-]c1n2-c1[c-]c(-c2ccccn2)ccc1.Cn1ccnc1-c1ccc2c(c1)c1ccc(-c3nc4ccccc4n3C)[c-]c1n2-c1[c-]c(-c2ccccn2)ccc1-c1nccn1C.Cn1ccnc1-c1cccc(-c2[c-]c(-n3c4[c-]c(-c5nc6ccccc6n5C)ccc4c4ccccc43)ccc2)n1.[Pt+2].[Pt+2].[Pt+2]. The zero-order valence-corrected chi connectivity index (χ0v) is 82.4. The molecule has 0 aliphatic rings. The minimum atomic E-state index is 0. The molecule has 12 aromatic carbocycles. The van der Waals surface area contributed by atoms with E-state index in [0.717, 1.165) is 235 Å². The molecule has 26 aromatic rings. The standard InChI is InChI=1S/2C39H28N8.C35H24N6.3Pt/c1-44-19-17-41-37(44)26-14-15-34-28(22-26)29-23-30(38-42-18-20-45(38)2)31(39-43-33-12-4-5-13-35(33)46(39)3)24-36(29)47(34)27-10-8-9-25(21-27)32-11-6-7-16-40-32;1-44-20-18-41-37(44)26-13-16-33-30(22-26)28-14-12-27(38-43-32-9-4-5-10-34(32)46(38)3)24-35(28)47(33)36-23-25(31-8-6-7-17-40-31)11-15-29(36)39-42-19-21-45(39)2;1-39-20-19-36-35(39)30-14-8-13-28(37-30)23-9-7-10-25(21-23)41-31-15-5-3-11-26(31)27-18-17-24(22-33(27)41)34-38-29-12-4-6-16-32(29)40(34)2;;;/h4-20,22-23H,1-3H3;4-22H,1-3H3;3-20H,1-2H3;;;/q3*-2;3*+2. The molecule has 14 heterocycles. The number of hydrogen-bond donors (Lipinski definition) is 0. The molecule has 0 atom stereocenters. The van der Waals surface area contributed by atoms with Crippen molar-refractivity contribution in [2.24, 2.45) is 56.4 Å². The molecule has 22 nitrogen and oxygen atoms in total. The van der Waals surface area contributed by atoms with Crippen LogP contribution in [-0.2, 0) is 120 Å². The van der Waals surface area contributed by atoms with Crippen LogP contribution in [0.2, 0.25) is 0 Å². The first kappa shape index (κ1) is 88.6. The Morgan fingerprint density at radius 1 is 0.225 bits per heavy atom. The Labute approximate surface area is 836 Å². The maximum atomic E-state index is 5.12. The summed E-state index contributed by atoms with van der Waals surface area (Å²) in [6.07, 6.45) is 22.5. The van der Waals surface area contributed by atoms with Gasteiger partial charge in [0.05, 0.1) is 67.9 Å². The average Bonchev–Trinajstić information content (AvgIpc) is 1.60. The van der Waals surface area contributed by atoms with Gasteiger partial charge in [0.1, 0.15) is 11.6 Å². The van der Waals surface area contributed by atoms with E-state index in [2.05, 4.69) is 262 Å². The van der Waals surface area contributed by atoms with Crippen molar-refractivity contribution in [3.8, 4) is 142 Å². The predicted molar refractivity (Wildman–Crippen MR) is 535 cm³/mol. The third-order valence-corrected chi connectivity index (χ3v) is 25.6. The summed E-state index contributed by atoms with van der Waals surface area (Å²) < 4.78 is 23.3. The van der Waals surface area contributed by atoms with Gasteiger partial charge in [0.25, 0.3) is 0 Å². The number of aryl methyl sites for hydroxylation is 8. The number of nitrogens with zero attached hydrogens (tertiary/aromatic N) is 22. The number of benzene rings is 12. The largest absolute Gasteiger partial charge is 2.00 e. The molecule has 0 radical (unpaired) electrons. The molecule has 0 fully saturated rings. The number of hydrogen-bond acceptors (Lipinski definition) is 11. The third-order valence-electron chi connectivity index (χ3n) is 25.6. The molecule has 0 spiro atoms. The summed E-state index contributed by atoms with van der Waals surface area (Å²) >= 11 is 0. The van der Waals surface area contributed by atoms with Crippen molar-refractivity contribution in [2.45, 2.75) is 0 Å². The van der Waals surface area contributed by atoms with Crippen LogP contribution in [-0.4, -0.2) is 105 Å². The third kappa shape index (κ3) is 15.3. The molecule has 0 aliphatic heterocycles. The van der Waals surface area contributed by atoms with Gasteiger partial charge in [-0.05, 0) is 157 Å². The summed E-state index contributed by atoms with van der Waals surface area (Å²) in [6.45, 7) is 0. The van der Waals surface area contributed by atoms with Crippen LogP contribution in [0.4, 0.5) is 0 Å². The van der Waals surface area contributed by atoms with E-state index in [9.17, 15) is 0 Å². The van der Waals surface area contributed by atoms with Crippen LogP contribution in [0.15, 0.2) is 341 Å². The Morgan fingerprint density at radius 3 is 1.14 bits per heavy atom. The second-order valence-corrected chi connectivity index (χ2v) is 33.7. The van der Waals surface area contributed by atoms with Crippen molar-refractivity contribution in [1.29, 1.82) is 0 Å². The van der Waals surface area contributed by atoms with Gasteiger partial charge in [0.2, 0.25) is 0 Å². The van der Waals surface area contributed by atoms with Crippen LogP contribution >= 0.6 is 0 Å². The molecule has 0 saturated heterocycles. The summed E-state index contributed by atoms with van der Waals surface area (Å²) in [6, 6.07) is 114.